The van der Waals surface area contributed by atoms with Gasteiger partial charge in [-0.15, -0.1) is 24.0 Å². The van der Waals surface area contributed by atoms with Gasteiger partial charge in [-0.05, 0) is 50.0 Å². The van der Waals surface area contributed by atoms with Crippen LogP contribution in [0, 0.1) is 5.92 Å². The molecule has 3 rings (SSSR count). The minimum atomic E-state index is -0.159. The lowest BCUT2D eigenvalue weighted by molar-refractivity contribution is 0.122. The molecule has 0 aliphatic carbocycles. The van der Waals surface area contributed by atoms with Gasteiger partial charge in [-0.2, -0.15) is 4.98 Å². The lowest BCUT2D eigenvalue weighted by Gasteiger charge is -2.40. The summed E-state index contributed by atoms with van der Waals surface area (Å²) in [6.45, 7) is 8.53. The quantitative estimate of drug-likeness (QED) is 0.321. The van der Waals surface area contributed by atoms with Crippen molar-refractivity contribution in [3.63, 3.8) is 0 Å². The molecule has 1 aliphatic heterocycles. The molecule has 2 atom stereocenters. The normalized spacial score (nSPS) is 20.3. The second-order valence-electron chi connectivity index (χ2n) is 8.96. The standard InChI is InChI=1S/C22H33ClN6O.HI/c1-22(2,3)20-27-18(28-30-20)14-26-21(24-4)25-13-16-9-7-11-29(5)19(16)15-8-6-10-17(23)12-15;/h6,8,10,12,16,19H,7,9,11,13-14H2,1-5H3,(H2,24,25,26);1H. The first-order valence-electron chi connectivity index (χ1n) is 10.5. The smallest absolute Gasteiger partial charge is 0.232 e. The van der Waals surface area contributed by atoms with Gasteiger partial charge >= 0.3 is 0 Å². The third kappa shape index (κ3) is 7.05. The molecular formula is C22H34ClIN6O. The summed E-state index contributed by atoms with van der Waals surface area (Å²) in [5, 5.41) is 11.6. The van der Waals surface area contributed by atoms with Crippen LogP contribution in [0.3, 0.4) is 0 Å². The maximum Gasteiger partial charge on any atom is 0.232 e. The van der Waals surface area contributed by atoms with E-state index < -0.39 is 0 Å². The molecule has 9 heteroatoms. The number of nitrogens with zero attached hydrogens (tertiary/aromatic N) is 4. The molecule has 0 amide bonds. The summed E-state index contributed by atoms with van der Waals surface area (Å²) in [6, 6.07) is 8.53. The van der Waals surface area contributed by atoms with Gasteiger partial charge < -0.3 is 15.2 Å². The summed E-state index contributed by atoms with van der Waals surface area (Å²) in [7, 11) is 3.96. The summed E-state index contributed by atoms with van der Waals surface area (Å²) in [5.74, 6) is 2.45. The average Bonchev–Trinajstić information content (AvgIpc) is 3.18. The van der Waals surface area contributed by atoms with Crippen LogP contribution in [0.2, 0.25) is 5.02 Å². The van der Waals surface area contributed by atoms with Crippen molar-refractivity contribution in [1.82, 2.24) is 25.7 Å². The van der Waals surface area contributed by atoms with Gasteiger partial charge in [-0.25, -0.2) is 0 Å². The number of halogens is 2. The van der Waals surface area contributed by atoms with Gasteiger partial charge in [0, 0.05) is 30.1 Å². The molecule has 1 fully saturated rings. The zero-order valence-corrected chi connectivity index (χ0v) is 22.1. The Labute approximate surface area is 207 Å². The molecule has 1 saturated heterocycles. The number of aliphatic imine (C=N–C) groups is 1. The highest BCUT2D eigenvalue weighted by Gasteiger charge is 2.30. The lowest BCUT2D eigenvalue weighted by Crippen LogP contribution is -2.45. The van der Waals surface area contributed by atoms with E-state index in [9.17, 15) is 0 Å². The zero-order valence-electron chi connectivity index (χ0n) is 19.0. The lowest BCUT2D eigenvalue weighted by atomic mass is 9.85. The largest absolute Gasteiger partial charge is 0.356 e. The van der Waals surface area contributed by atoms with Crippen LogP contribution in [-0.4, -0.2) is 48.2 Å². The number of hydrogen-bond acceptors (Lipinski definition) is 5. The van der Waals surface area contributed by atoms with E-state index in [1.165, 1.54) is 12.0 Å². The fraction of sp³-hybridized carbons (Fsp3) is 0.591. The molecule has 0 radical (unpaired) electrons. The van der Waals surface area contributed by atoms with Crippen LogP contribution >= 0.6 is 35.6 Å². The summed E-state index contributed by atoms with van der Waals surface area (Å²) < 4.78 is 5.36. The summed E-state index contributed by atoms with van der Waals surface area (Å²) in [6.07, 6.45) is 2.34. The molecule has 2 unspecified atom stereocenters. The summed E-state index contributed by atoms with van der Waals surface area (Å²) >= 11 is 6.26. The first-order valence-corrected chi connectivity index (χ1v) is 10.9. The molecule has 2 aromatic rings. The van der Waals surface area contributed by atoms with Crippen LogP contribution in [0.15, 0.2) is 33.8 Å². The Hall–Kier alpha value is -1.39. The number of likely N-dealkylation sites (tertiary alicyclic amines) is 1. The highest BCUT2D eigenvalue weighted by atomic mass is 127. The van der Waals surface area contributed by atoms with Crippen molar-refractivity contribution in [2.45, 2.75) is 51.6 Å². The zero-order chi connectivity index (χ0) is 21.7. The Morgan fingerprint density at radius 2 is 2.10 bits per heavy atom. The molecule has 7 nitrogen and oxygen atoms in total. The highest BCUT2D eigenvalue weighted by molar-refractivity contribution is 14.0. The van der Waals surface area contributed by atoms with Crippen molar-refractivity contribution in [2.75, 3.05) is 27.2 Å². The number of nitrogens with one attached hydrogen (secondary N) is 2. The van der Waals surface area contributed by atoms with Crippen molar-refractivity contribution in [1.29, 1.82) is 0 Å². The van der Waals surface area contributed by atoms with E-state index in [1.807, 2.05) is 12.1 Å². The molecule has 1 aliphatic rings. The molecule has 1 aromatic carbocycles. The topological polar surface area (TPSA) is 78.6 Å². The Bertz CT molecular complexity index is 866. The minimum Gasteiger partial charge on any atom is -0.356 e. The van der Waals surface area contributed by atoms with E-state index in [-0.39, 0.29) is 29.4 Å². The van der Waals surface area contributed by atoms with E-state index >= 15 is 0 Å². The number of hydrogen-bond donors (Lipinski definition) is 2. The van der Waals surface area contributed by atoms with E-state index in [2.05, 4.69) is 70.6 Å². The Kier molecular flexibility index (Phi) is 9.57. The number of piperidine rings is 1. The number of rotatable bonds is 5. The Balaban J connectivity index is 0.00000341. The van der Waals surface area contributed by atoms with Gasteiger partial charge in [0.15, 0.2) is 11.8 Å². The maximum absolute atomic E-state index is 6.26. The third-order valence-corrected chi connectivity index (χ3v) is 5.71. The van der Waals surface area contributed by atoms with Crippen molar-refractivity contribution in [3.8, 4) is 0 Å². The molecule has 0 saturated carbocycles. The average molecular weight is 561 g/mol. The van der Waals surface area contributed by atoms with Crippen LogP contribution in [0.4, 0.5) is 0 Å². The van der Waals surface area contributed by atoms with Crippen LogP contribution in [0.25, 0.3) is 0 Å². The molecule has 2 N–H and O–H groups in total. The van der Waals surface area contributed by atoms with E-state index in [0.29, 0.717) is 30.2 Å². The van der Waals surface area contributed by atoms with E-state index in [4.69, 9.17) is 16.1 Å². The van der Waals surface area contributed by atoms with Crippen molar-refractivity contribution >= 4 is 41.5 Å². The Morgan fingerprint density at radius 3 is 2.74 bits per heavy atom. The maximum atomic E-state index is 6.26. The molecule has 31 heavy (non-hydrogen) atoms. The molecule has 2 heterocycles. The second kappa shape index (κ2) is 11.5. The van der Waals surface area contributed by atoms with Gasteiger partial charge in [0.2, 0.25) is 5.89 Å². The fourth-order valence-corrected chi connectivity index (χ4v) is 4.13. The van der Waals surface area contributed by atoms with Crippen LogP contribution < -0.4 is 10.6 Å². The molecule has 0 spiro atoms. The Morgan fingerprint density at radius 1 is 1.32 bits per heavy atom. The summed E-state index contributed by atoms with van der Waals surface area (Å²) in [4.78, 5) is 11.2. The van der Waals surface area contributed by atoms with Crippen molar-refractivity contribution in [3.05, 3.63) is 46.6 Å². The first-order chi connectivity index (χ1) is 14.3. The van der Waals surface area contributed by atoms with Crippen LogP contribution in [-0.2, 0) is 12.0 Å². The first kappa shape index (κ1) is 25.9. The third-order valence-electron chi connectivity index (χ3n) is 5.48. The van der Waals surface area contributed by atoms with E-state index in [1.54, 1.807) is 7.05 Å². The molecule has 1 aromatic heterocycles. The van der Waals surface area contributed by atoms with Crippen LogP contribution in [0.5, 0.6) is 0 Å². The molecule has 0 bridgehead atoms. The number of benzene rings is 1. The monoisotopic (exact) mass is 560 g/mol. The predicted octanol–water partition coefficient (Wildman–Crippen LogP) is 4.39. The SMILES string of the molecule is CN=C(NCc1noc(C(C)(C)C)n1)NCC1CCCN(C)C1c1cccc(Cl)c1.I. The molecule has 172 valence electrons. The van der Waals surface area contributed by atoms with Gasteiger partial charge in [0.25, 0.3) is 0 Å². The highest BCUT2D eigenvalue weighted by Crippen LogP contribution is 2.35. The van der Waals surface area contributed by atoms with Gasteiger partial charge in [-0.3, -0.25) is 9.89 Å². The van der Waals surface area contributed by atoms with Crippen molar-refractivity contribution < 1.29 is 4.52 Å². The van der Waals surface area contributed by atoms with Gasteiger partial charge in [-0.1, -0.05) is 49.7 Å². The fourth-order valence-electron chi connectivity index (χ4n) is 3.93. The molecular weight excluding hydrogens is 527 g/mol. The van der Waals surface area contributed by atoms with E-state index in [0.717, 1.165) is 30.5 Å². The number of aromatic nitrogens is 2. The second-order valence-corrected chi connectivity index (χ2v) is 9.39. The summed E-state index contributed by atoms with van der Waals surface area (Å²) in [5.41, 5.74) is 1.11. The van der Waals surface area contributed by atoms with Crippen LogP contribution in [0.1, 0.15) is 56.9 Å². The van der Waals surface area contributed by atoms with Gasteiger partial charge in [0.05, 0.1) is 6.54 Å². The number of guanidine groups is 1. The minimum absolute atomic E-state index is 0. The van der Waals surface area contributed by atoms with Crippen molar-refractivity contribution in [2.24, 2.45) is 10.9 Å². The van der Waals surface area contributed by atoms with Gasteiger partial charge in [0.1, 0.15) is 0 Å². The predicted molar refractivity (Wildman–Crippen MR) is 136 cm³/mol.